The SMILES string of the molecule is CC1(NC(=O)Nc2ccc(C(=O)O)cc2Cl)CCCCC1. The molecular formula is C15H19ClN2O3. The molecule has 5 nitrogen and oxygen atoms in total. The fourth-order valence-electron chi connectivity index (χ4n) is 2.63. The van der Waals surface area contributed by atoms with Crippen LogP contribution in [0.4, 0.5) is 10.5 Å². The zero-order valence-electron chi connectivity index (χ0n) is 11.9. The molecule has 1 saturated carbocycles. The van der Waals surface area contributed by atoms with Gasteiger partial charge in [0.2, 0.25) is 0 Å². The van der Waals surface area contributed by atoms with Gasteiger partial charge in [-0.05, 0) is 38.0 Å². The van der Waals surface area contributed by atoms with E-state index in [1.807, 2.05) is 6.92 Å². The monoisotopic (exact) mass is 310 g/mol. The molecule has 1 aromatic rings. The molecule has 0 spiro atoms. The number of carbonyl (C=O) groups excluding carboxylic acids is 1. The highest BCUT2D eigenvalue weighted by Gasteiger charge is 2.28. The Morgan fingerprint density at radius 2 is 1.90 bits per heavy atom. The fraction of sp³-hybridized carbons (Fsp3) is 0.467. The van der Waals surface area contributed by atoms with Crippen LogP contribution in [0.5, 0.6) is 0 Å². The van der Waals surface area contributed by atoms with Crippen LogP contribution in [0.25, 0.3) is 0 Å². The summed E-state index contributed by atoms with van der Waals surface area (Å²) in [7, 11) is 0. The molecule has 1 aliphatic rings. The van der Waals surface area contributed by atoms with Gasteiger partial charge in [-0.3, -0.25) is 0 Å². The predicted octanol–water partition coefficient (Wildman–Crippen LogP) is 3.88. The Morgan fingerprint density at radius 3 is 2.48 bits per heavy atom. The van der Waals surface area contributed by atoms with Crippen molar-refractivity contribution in [2.24, 2.45) is 0 Å². The minimum absolute atomic E-state index is 0.0881. The van der Waals surface area contributed by atoms with Crippen LogP contribution in [0.2, 0.25) is 5.02 Å². The van der Waals surface area contributed by atoms with Crippen LogP contribution in [0, 0.1) is 0 Å². The first-order valence-electron chi connectivity index (χ1n) is 7.02. The lowest BCUT2D eigenvalue weighted by molar-refractivity contribution is 0.0697. The molecule has 1 aromatic carbocycles. The van der Waals surface area contributed by atoms with Gasteiger partial charge in [0.1, 0.15) is 0 Å². The quantitative estimate of drug-likeness (QED) is 0.792. The molecule has 0 bridgehead atoms. The Bertz CT molecular complexity index is 554. The molecule has 0 radical (unpaired) electrons. The summed E-state index contributed by atoms with van der Waals surface area (Å²) < 4.78 is 0. The number of carboxylic acid groups (broad SMARTS) is 1. The van der Waals surface area contributed by atoms with Gasteiger partial charge in [-0.15, -0.1) is 0 Å². The Kier molecular flexibility index (Phi) is 4.73. The van der Waals surface area contributed by atoms with E-state index in [2.05, 4.69) is 10.6 Å². The molecule has 0 unspecified atom stereocenters. The van der Waals surface area contributed by atoms with Crippen molar-refractivity contribution in [2.75, 3.05) is 5.32 Å². The second-order valence-electron chi connectivity index (χ2n) is 5.70. The maximum atomic E-state index is 12.1. The molecule has 0 atom stereocenters. The van der Waals surface area contributed by atoms with Gasteiger partial charge >= 0.3 is 12.0 Å². The lowest BCUT2D eigenvalue weighted by atomic mass is 9.83. The summed E-state index contributed by atoms with van der Waals surface area (Å²) in [6, 6.07) is 3.91. The topological polar surface area (TPSA) is 78.4 Å². The van der Waals surface area contributed by atoms with Crippen molar-refractivity contribution in [3.8, 4) is 0 Å². The summed E-state index contributed by atoms with van der Waals surface area (Å²) in [5.41, 5.74) is 0.305. The molecule has 0 aromatic heterocycles. The van der Waals surface area contributed by atoms with E-state index < -0.39 is 5.97 Å². The summed E-state index contributed by atoms with van der Waals surface area (Å²) in [6.07, 6.45) is 5.37. The first-order chi connectivity index (χ1) is 9.89. The molecule has 114 valence electrons. The van der Waals surface area contributed by atoms with Crippen LogP contribution in [0.1, 0.15) is 49.4 Å². The van der Waals surface area contributed by atoms with E-state index in [1.165, 1.54) is 24.6 Å². The lowest BCUT2D eigenvalue weighted by Gasteiger charge is -2.34. The van der Waals surface area contributed by atoms with Crippen LogP contribution in [-0.2, 0) is 0 Å². The van der Waals surface area contributed by atoms with Gasteiger partial charge in [0.25, 0.3) is 0 Å². The van der Waals surface area contributed by atoms with Gasteiger partial charge in [0, 0.05) is 5.54 Å². The molecule has 1 aliphatic carbocycles. The van der Waals surface area contributed by atoms with Crippen molar-refractivity contribution in [3.05, 3.63) is 28.8 Å². The van der Waals surface area contributed by atoms with Crippen molar-refractivity contribution in [1.29, 1.82) is 0 Å². The third-order valence-electron chi connectivity index (χ3n) is 3.84. The maximum absolute atomic E-state index is 12.1. The van der Waals surface area contributed by atoms with E-state index in [9.17, 15) is 9.59 Å². The molecule has 0 saturated heterocycles. The number of rotatable bonds is 3. The number of anilines is 1. The predicted molar refractivity (Wildman–Crippen MR) is 82.1 cm³/mol. The number of halogens is 1. The zero-order chi connectivity index (χ0) is 15.5. The minimum Gasteiger partial charge on any atom is -0.478 e. The molecule has 6 heteroatoms. The second kappa shape index (κ2) is 6.35. The molecule has 0 heterocycles. The molecule has 3 N–H and O–H groups in total. The highest BCUT2D eigenvalue weighted by molar-refractivity contribution is 6.34. The van der Waals surface area contributed by atoms with Crippen molar-refractivity contribution >= 4 is 29.3 Å². The highest BCUT2D eigenvalue weighted by atomic mass is 35.5. The van der Waals surface area contributed by atoms with E-state index >= 15 is 0 Å². The van der Waals surface area contributed by atoms with Crippen LogP contribution < -0.4 is 10.6 Å². The second-order valence-corrected chi connectivity index (χ2v) is 6.11. The summed E-state index contributed by atoms with van der Waals surface area (Å²) >= 11 is 5.99. The Morgan fingerprint density at radius 1 is 1.24 bits per heavy atom. The van der Waals surface area contributed by atoms with E-state index in [4.69, 9.17) is 16.7 Å². The number of hydrogen-bond acceptors (Lipinski definition) is 2. The molecule has 2 amide bonds. The van der Waals surface area contributed by atoms with Crippen molar-refractivity contribution in [3.63, 3.8) is 0 Å². The van der Waals surface area contributed by atoms with E-state index in [-0.39, 0.29) is 22.2 Å². The van der Waals surface area contributed by atoms with Crippen LogP contribution >= 0.6 is 11.6 Å². The van der Waals surface area contributed by atoms with Gasteiger partial charge in [0.15, 0.2) is 0 Å². The first kappa shape index (κ1) is 15.6. The summed E-state index contributed by atoms with van der Waals surface area (Å²) in [5.74, 6) is -1.05. The number of urea groups is 1. The number of carboxylic acids is 1. The van der Waals surface area contributed by atoms with Crippen molar-refractivity contribution < 1.29 is 14.7 Å². The molecular weight excluding hydrogens is 292 g/mol. The van der Waals surface area contributed by atoms with Crippen molar-refractivity contribution in [2.45, 2.75) is 44.6 Å². The standard InChI is InChI=1S/C15H19ClN2O3/c1-15(7-3-2-4-8-15)18-14(21)17-12-6-5-10(13(19)20)9-11(12)16/h5-6,9H,2-4,7-8H2,1H3,(H,19,20)(H2,17,18,21). The molecule has 2 rings (SSSR count). The molecule has 1 fully saturated rings. The average molecular weight is 311 g/mol. The molecule has 0 aliphatic heterocycles. The fourth-order valence-corrected chi connectivity index (χ4v) is 2.86. The smallest absolute Gasteiger partial charge is 0.335 e. The van der Waals surface area contributed by atoms with Gasteiger partial charge < -0.3 is 15.7 Å². The van der Waals surface area contributed by atoms with E-state index in [0.717, 1.165) is 25.7 Å². The first-order valence-corrected chi connectivity index (χ1v) is 7.39. The van der Waals surface area contributed by atoms with Crippen LogP contribution in [-0.4, -0.2) is 22.6 Å². The average Bonchev–Trinajstić information content (AvgIpc) is 2.41. The zero-order valence-corrected chi connectivity index (χ0v) is 12.7. The Hall–Kier alpha value is -1.75. The Labute approximate surface area is 128 Å². The lowest BCUT2D eigenvalue weighted by Crippen LogP contribution is -2.48. The van der Waals surface area contributed by atoms with E-state index in [0.29, 0.717) is 5.69 Å². The van der Waals surface area contributed by atoms with Crippen LogP contribution in [0.3, 0.4) is 0 Å². The third kappa shape index (κ3) is 4.11. The number of nitrogens with one attached hydrogen (secondary N) is 2. The number of aromatic carboxylic acids is 1. The minimum atomic E-state index is -1.05. The van der Waals surface area contributed by atoms with Crippen LogP contribution in [0.15, 0.2) is 18.2 Å². The van der Waals surface area contributed by atoms with Gasteiger partial charge in [-0.1, -0.05) is 30.9 Å². The number of benzene rings is 1. The van der Waals surface area contributed by atoms with Gasteiger partial charge in [-0.25, -0.2) is 9.59 Å². The summed E-state index contributed by atoms with van der Waals surface area (Å²) in [5, 5.41) is 14.7. The number of carbonyl (C=O) groups is 2. The van der Waals surface area contributed by atoms with Crippen molar-refractivity contribution in [1.82, 2.24) is 5.32 Å². The summed E-state index contributed by atoms with van der Waals surface area (Å²) in [4.78, 5) is 22.9. The maximum Gasteiger partial charge on any atom is 0.335 e. The number of amides is 2. The largest absolute Gasteiger partial charge is 0.478 e. The van der Waals surface area contributed by atoms with Gasteiger partial charge in [-0.2, -0.15) is 0 Å². The normalized spacial score (nSPS) is 17.0. The summed E-state index contributed by atoms with van der Waals surface area (Å²) in [6.45, 7) is 2.04. The third-order valence-corrected chi connectivity index (χ3v) is 4.15. The Balaban J connectivity index is 2.01. The highest BCUT2D eigenvalue weighted by Crippen LogP contribution is 2.28. The molecule has 21 heavy (non-hydrogen) atoms. The van der Waals surface area contributed by atoms with E-state index in [1.54, 1.807) is 0 Å². The number of hydrogen-bond donors (Lipinski definition) is 3. The van der Waals surface area contributed by atoms with Gasteiger partial charge in [0.05, 0.1) is 16.3 Å².